The number of hydrogen-bond acceptors (Lipinski definition) is 2. The largest absolute Gasteiger partial charge is 0.300 e. The van der Waals surface area contributed by atoms with Crippen molar-refractivity contribution in [3.63, 3.8) is 0 Å². The topological polar surface area (TPSA) is 17.1 Å². The van der Waals surface area contributed by atoms with Gasteiger partial charge in [0.25, 0.3) is 0 Å². The number of aryl methyl sites for hydroxylation is 2. The highest BCUT2D eigenvalue weighted by Gasteiger charge is 2.19. The van der Waals surface area contributed by atoms with Gasteiger partial charge in [0.1, 0.15) is 5.78 Å². The van der Waals surface area contributed by atoms with Crippen molar-refractivity contribution < 1.29 is 4.79 Å². The molecule has 0 saturated heterocycles. The van der Waals surface area contributed by atoms with Gasteiger partial charge in [-0.25, -0.2) is 0 Å². The van der Waals surface area contributed by atoms with Gasteiger partial charge in [-0.2, -0.15) is 0 Å². The van der Waals surface area contributed by atoms with Gasteiger partial charge in [-0.1, -0.05) is 24.6 Å². The Hall–Kier alpha value is -0.760. The highest BCUT2D eigenvalue weighted by atomic mass is 32.2. The minimum atomic E-state index is 0.450. The van der Waals surface area contributed by atoms with Crippen LogP contribution in [0.4, 0.5) is 0 Å². The molecule has 0 amide bonds. The van der Waals surface area contributed by atoms with Crippen molar-refractivity contribution in [3.05, 3.63) is 29.3 Å². The number of rotatable bonds is 2. The third-order valence-electron chi connectivity index (χ3n) is 3.38. The van der Waals surface area contributed by atoms with E-state index in [0.717, 1.165) is 19.3 Å². The van der Waals surface area contributed by atoms with Crippen LogP contribution in [-0.2, 0) is 4.79 Å². The summed E-state index contributed by atoms with van der Waals surface area (Å²) in [6.07, 6.45) is 5.03. The lowest BCUT2D eigenvalue weighted by molar-refractivity contribution is -0.118. The average molecular weight is 248 g/mol. The average Bonchev–Trinajstić information content (AvgIpc) is 2.48. The van der Waals surface area contributed by atoms with E-state index in [4.69, 9.17) is 0 Å². The van der Waals surface area contributed by atoms with Crippen LogP contribution in [0.3, 0.4) is 0 Å². The summed E-state index contributed by atoms with van der Waals surface area (Å²) >= 11 is 1.91. The number of Topliss-reactive ketones (excluding diaryl/α,β-unsaturated/α-hetero) is 1. The fourth-order valence-electron chi connectivity index (χ4n) is 2.40. The maximum atomic E-state index is 11.6. The molecule has 1 nitrogen and oxygen atoms in total. The van der Waals surface area contributed by atoms with E-state index in [9.17, 15) is 4.79 Å². The summed E-state index contributed by atoms with van der Waals surface area (Å²) in [6.45, 7) is 4.32. The number of carbonyl (C=O) groups excluding carboxylic acids is 1. The summed E-state index contributed by atoms with van der Waals surface area (Å²) in [5.41, 5.74) is 2.68. The molecule has 1 saturated carbocycles. The molecule has 1 fully saturated rings. The lowest BCUT2D eigenvalue weighted by Gasteiger charge is -2.16. The second-order valence-electron chi connectivity index (χ2n) is 4.95. The molecule has 0 radical (unpaired) electrons. The minimum Gasteiger partial charge on any atom is -0.300 e. The van der Waals surface area contributed by atoms with Crippen molar-refractivity contribution in [1.82, 2.24) is 0 Å². The monoisotopic (exact) mass is 248 g/mol. The van der Waals surface area contributed by atoms with Gasteiger partial charge in [0.15, 0.2) is 0 Å². The summed E-state index contributed by atoms with van der Waals surface area (Å²) in [4.78, 5) is 13.0. The summed E-state index contributed by atoms with van der Waals surface area (Å²) in [5.74, 6) is 0.450. The summed E-state index contributed by atoms with van der Waals surface area (Å²) in [5, 5.41) is 0.491. The lowest BCUT2D eigenvalue weighted by Crippen LogP contribution is -2.07. The van der Waals surface area contributed by atoms with Gasteiger partial charge in [-0.05, 0) is 37.8 Å². The zero-order chi connectivity index (χ0) is 12.3. The van der Waals surface area contributed by atoms with E-state index in [1.54, 1.807) is 0 Å². The second kappa shape index (κ2) is 5.72. The van der Waals surface area contributed by atoms with Crippen LogP contribution in [0.5, 0.6) is 0 Å². The van der Waals surface area contributed by atoms with E-state index in [1.165, 1.54) is 28.9 Å². The van der Waals surface area contributed by atoms with Gasteiger partial charge in [-0.3, -0.25) is 4.79 Å². The smallest absolute Gasteiger partial charge is 0.134 e. The normalized spacial score (nSPS) is 21.3. The fraction of sp³-hybridized carbons (Fsp3) is 0.533. The molecular weight excluding hydrogens is 228 g/mol. The Balaban J connectivity index is 2.11. The number of carbonyl (C=O) groups is 1. The van der Waals surface area contributed by atoms with Crippen LogP contribution >= 0.6 is 11.8 Å². The SMILES string of the molecule is Cc1cccc(C)c1S[C@@H]1CCCCC(=O)C1. The molecule has 0 spiro atoms. The van der Waals surface area contributed by atoms with E-state index in [1.807, 2.05) is 11.8 Å². The Morgan fingerprint density at radius 3 is 2.59 bits per heavy atom. The summed E-state index contributed by atoms with van der Waals surface area (Å²) < 4.78 is 0. The lowest BCUT2D eigenvalue weighted by atomic mass is 10.2. The van der Waals surface area contributed by atoms with Gasteiger partial charge in [0, 0.05) is 23.0 Å². The molecule has 2 rings (SSSR count). The van der Waals surface area contributed by atoms with Crippen molar-refractivity contribution in [3.8, 4) is 0 Å². The third kappa shape index (κ3) is 3.35. The first-order valence-electron chi connectivity index (χ1n) is 6.41. The zero-order valence-electron chi connectivity index (χ0n) is 10.7. The molecule has 17 heavy (non-hydrogen) atoms. The fourth-order valence-corrected chi connectivity index (χ4v) is 3.80. The zero-order valence-corrected chi connectivity index (χ0v) is 11.5. The van der Waals surface area contributed by atoms with Gasteiger partial charge in [-0.15, -0.1) is 11.8 Å². The molecule has 1 aliphatic carbocycles. The van der Waals surface area contributed by atoms with Crippen LogP contribution in [0, 0.1) is 13.8 Å². The maximum Gasteiger partial charge on any atom is 0.134 e. The minimum absolute atomic E-state index is 0.450. The van der Waals surface area contributed by atoms with E-state index < -0.39 is 0 Å². The van der Waals surface area contributed by atoms with Crippen LogP contribution in [0.2, 0.25) is 0 Å². The molecule has 1 aromatic carbocycles. The second-order valence-corrected chi connectivity index (χ2v) is 6.26. The first kappa shape index (κ1) is 12.7. The third-order valence-corrected chi connectivity index (χ3v) is 5.00. The van der Waals surface area contributed by atoms with Gasteiger partial charge < -0.3 is 0 Å². The van der Waals surface area contributed by atoms with Crippen molar-refractivity contribution in [2.24, 2.45) is 0 Å². The molecular formula is C15H20OS. The molecule has 2 heteroatoms. The van der Waals surface area contributed by atoms with E-state index >= 15 is 0 Å². The predicted molar refractivity (Wildman–Crippen MR) is 73.7 cm³/mol. The molecule has 92 valence electrons. The quantitative estimate of drug-likeness (QED) is 0.726. The molecule has 0 aliphatic heterocycles. The standard InChI is InChI=1S/C15H20OS/c1-11-6-5-7-12(2)15(11)17-14-9-4-3-8-13(16)10-14/h5-7,14H,3-4,8-10H2,1-2H3/t14-/m1/s1. The van der Waals surface area contributed by atoms with Crippen LogP contribution in [0.1, 0.15) is 43.2 Å². The summed E-state index contributed by atoms with van der Waals surface area (Å²) in [7, 11) is 0. The Morgan fingerprint density at radius 1 is 1.18 bits per heavy atom. The van der Waals surface area contributed by atoms with Crippen molar-refractivity contribution in [1.29, 1.82) is 0 Å². The molecule has 1 aromatic rings. The van der Waals surface area contributed by atoms with Crippen molar-refractivity contribution in [2.75, 3.05) is 0 Å². The van der Waals surface area contributed by atoms with Crippen LogP contribution < -0.4 is 0 Å². The van der Waals surface area contributed by atoms with Crippen LogP contribution in [0.15, 0.2) is 23.1 Å². The number of ketones is 1. The van der Waals surface area contributed by atoms with Crippen LogP contribution in [0.25, 0.3) is 0 Å². The molecule has 1 atom stereocenters. The maximum absolute atomic E-state index is 11.6. The predicted octanol–water partition coefficient (Wildman–Crippen LogP) is 4.30. The van der Waals surface area contributed by atoms with Gasteiger partial charge in [0.2, 0.25) is 0 Å². The Kier molecular flexibility index (Phi) is 4.27. The van der Waals surface area contributed by atoms with Gasteiger partial charge >= 0.3 is 0 Å². The number of hydrogen-bond donors (Lipinski definition) is 0. The first-order valence-corrected chi connectivity index (χ1v) is 7.29. The highest BCUT2D eigenvalue weighted by molar-refractivity contribution is 8.00. The molecule has 1 aliphatic rings. The Labute approximate surface area is 108 Å². The Morgan fingerprint density at radius 2 is 1.88 bits per heavy atom. The highest BCUT2D eigenvalue weighted by Crippen LogP contribution is 2.35. The first-order chi connectivity index (χ1) is 8.16. The van der Waals surface area contributed by atoms with E-state index in [0.29, 0.717) is 11.0 Å². The molecule has 0 bridgehead atoms. The van der Waals surface area contributed by atoms with Crippen molar-refractivity contribution in [2.45, 2.75) is 56.1 Å². The molecule has 0 unspecified atom stereocenters. The van der Waals surface area contributed by atoms with E-state index in [-0.39, 0.29) is 0 Å². The number of benzene rings is 1. The molecule has 0 N–H and O–H groups in total. The van der Waals surface area contributed by atoms with Gasteiger partial charge in [0.05, 0.1) is 0 Å². The number of thioether (sulfide) groups is 1. The van der Waals surface area contributed by atoms with E-state index in [2.05, 4.69) is 32.0 Å². The Bertz CT molecular complexity index is 391. The molecule has 0 heterocycles. The summed E-state index contributed by atoms with van der Waals surface area (Å²) in [6, 6.07) is 6.43. The molecule has 0 aromatic heterocycles. The van der Waals surface area contributed by atoms with Crippen molar-refractivity contribution >= 4 is 17.5 Å². The van der Waals surface area contributed by atoms with Crippen LogP contribution in [-0.4, -0.2) is 11.0 Å².